The highest BCUT2D eigenvalue weighted by Gasteiger charge is 2.28. The van der Waals surface area contributed by atoms with E-state index in [4.69, 9.17) is 4.74 Å². The zero-order valence-corrected chi connectivity index (χ0v) is 14.6. The molecule has 1 fully saturated rings. The van der Waals surface area contributed by atoms with Gasteiger partial charge in [0.1, 0.15) is 5.82 Å². The second-order valence-electron chi connectivity index (χ2n) is 6.60. The molecule has 3 heterocycles. The van der Waals surface area contributed by atoms with Crippen molar-refractivity contribution < 1.29 is 13.9 Å². The monoisotopic (exact) mass is 354 g/mol. The van der Waals surface area contributed by atoms with E-state index in [2.05, 4.69) is 10.1 Å². The van der Waals surface area contributed by atoms with E-state index in [0.717, 1.165) is 11.3 Å². The lowest BCUT2D eigenvalue weighted by atomic mass is 10.1. The molecule has 2 aromatic heterocycles. The van der Waals surface area contributed by atoms with Crippen LogP contribution < -0.4 is 0 Å². The standard InChI is InChI=1S/C19H19FN4O2/c1-12-10-23(11-13(2)26-12)19(25)16-9-18-21-8-7-17(24(18)22-16)14-3-5-15(20)6-4-14/h3-9,12-13H,10-11H2,1-2H3/t12-,13-/m1/s1. The maximum absolute atomic E-state index is 13.2. The molecule has 26 heavy (non-hydrogen) atoms. The van der Waals surface area contributed by atoms with E-state index in [1.165, 1.54) is 12.1 Å². The predicted octanol–water partition coefficient (Wildman–Crippen LogP) is 2.78. The van der Waals surface area contributed by atoms with Gasteiger partial charge in [-0.1, -0.05) is 0 Å². The van der Waals surface area contributed by atoms with Gasteiger partial charge in [-0.2, -0.15) is 5.10 Å². The van der Waals surface area contributed by atoms with E-state index in [9.17, 15) is 9.18 Å². The van der Waals surface area contributed by atoms with Crippen LogP contribution in [-0.4, -0.2) is 50.7 Å². The Kier molecular flexibility index (Phi) is 4.16. The Bertz CT molecular complexity index is 944. The Hall–Kier alpha value is -2.80. The molecule has 0 spiro atoms. The second-order valence-corrected chi connectivity index (χ2v) is 6.60. The lowest BCUT2D eigenvalue weighted by Gasteiger charge is -2.34. The number of hydrogen-bond acceptors (Lipinski definition) is 4. The van der Waals surface area contributed by atoms with Crippen molar-refractivity contribution in [3.8, 4) is 11.3 Å². The van der Waals surface area contributed by atoms with E-state index in [1.807, 2.05) is 13.8 Å². The highest BCUT2D eigenvalue weighted by atomic mass is 19.1. The van der Waals surface area contributed by atoms with Crippen LogP contribution in [-0.2, 0) is 4.74 Å². The molecule has 1 aliphatic rings. The van der Waals surface area contributed by atoms with Gasteiger partial charge in [0.15, 0.2) is 11.3 Å². The van der Waals surface area contributed by atoms with Crippen LogP contribution in [0, 0.1) is 5.82 Å². The SMILES string of the molecule is C[C@@H]1CN(C(=O)c2cc3nccc(-c4ccc(F)cc4)n3n2)C[C@@H](C)O1. The third-order valence-corrected chi connectivity index (χ3v) is 4.42. The molecule has 2 atom stereocenters. The Morgan fingerprint density at radius 3 is 2.54 bits per heavy atom. The maximum Gasteiger partial charge on any atom is 0.274 e. The molecule has 1 aromatic carbocycles. The zero-order chi connectivity index (χ0) is 18.3. The minimum Gasteiger partial charge on any atom is -0.372 e. The number of benzene rings is 1. The van der Waals surface area contributed by atoms with Gasteiger partial charge in [0.2, 0.25) is 0 Å². The van der Waals surface area contributed by atoms with Crippen LogP contribution in [0.15, 0.2) is 42.6 Å². The normalized spacial score (nSPS) is 20.5. The number of hydrogen-bond donors (Lipinski definition) is 0. The summed E-state index contributed by atoms with van der Waals surface area (Å²) in [6, 6.07) is 9.62. The van der Waals surface area contributed by atoms with Crippen LogP contribution in [0.1, 0.15) is 24.3 Å². The van der Waals surface area contributed by atoms with Crippen LogP contribution in [0.4, 0.5) is 4.39 Å². The average molecular weight is 354 g/mol. The molecule has 1 aliphatic heterocycles. The zero-order valence-electron chi connectivity index (χ0n) is 14.6. The first kappa shape index (κ1) is 16.7. The summed E-state index contributed by atoms with van der Waals surface area (Å²) in [4.78, 5) is 18.9. The third kappa shape index (κ3) is 3.06. The van der Waals surface area contributed by atoms with E-state index >= 15 is 0 Å². The van der Waals surface area contributed by atoms with Gasteiger partial charge >= 0.3 is 0 Å². The first-order chi connectivity index (χ1) is 12.5. The topological polar surface area (TPSA) is 59.7 Å². The van der Waals surface area contributed by atoms with Crippen LogP contribution in [0.3, 0.4) is 0 Å². The van der Waals surface area contributed by atoms with Crippen molar-refractivity contribution in [2.24, 2.45) is 0 Å². The molecule has 134 valence electrons. The minimum atomic E-state index is -0.300. The highest BCUT2D eigenvalue weighted by Crippen LogP contribution is 2.21. The Morgan fingerprint density at radius 1 is 1.15 bits per heavy atom. The van der Waals surface area contributed by atoms with Crippen molar-refractivity contribution >= 4 is 11.6 Å². The fraction of sp³-hybridized carbons (Fsp3) is 0.316. The van der Waals surface area contributed by atoms with Crippen LogP contribution in [0.2, 0.25) is 0 Å². The maximum atomic E-state index is 13.2. The number of amides is 1. The molecule has 0 bridgehead atoms. The lowest BCUT2D eigenvalue weighted by Crippen LogP contribution is -2.48. The summed E-state index contributed by atoms with van der Waals surface area (Å²) >= 11 is 0. The van der Waals surface area contributed by atoms with Crippen LogP contribution in [0.5, 0.6) is 0 Å². The van der Waals surface area contributed by atoms with Crippen molar-refractivity contribution in [3.05, 3.63) is 54.1 Å². The smallest absolute Gasteiger partial charge is 0.274 e. The molecule has 0 N–H and O–H groups in total. The molecule has 1 saturated heterocycles. The number of aromatic nitrogens is 3. The third-order valence-electron chi connectivity index (χ3n) is 4.42. The van der Waals surface area contributed by atoms with Crippen LogP contribution in [0.25, 0.3) is 16.9 Å². The molecule has 4 rings (SSSR count). The molecule has 0 unspecified atom stereocenters. The Balaban J connectivity index is 1.70. The Morgan fingerprint density at radius 2 is 1.85 bits per heavy atom. The van der Waals surface area contributed by atoms with Crippen molar-refractivity contribution in [1.29, 1.82) is 0 Å². The van der Waals surface area contributed by atoms with E-state index in [0.29, 0.717) is 24.4 Å². The number of carbonyl (C=O) groups excluding carboxylic acids is 1. The van der Waals surface area contributed by atoms with Crippen molar-refractivity contribution in [1.82, 2.24) is 19.5 Å². The summed E-state index contributed by atoms with van der Waals surface area (Å²) in [6.07, 6.45) is 1.64. The number of rotatable bonds is 2. The molecule has 0 radical (unpaired) electrons. The van der Waals surface area contributed by atoms with E-state index in [-0.39, 0.29) is 23.9 Å². The second kappa shape index (κ2) is 6.49. The quantitative estimate of drug-likeness (QED) is 0.710. The molecule has 7 heteroatoms. The number of nitrogens with zero attached hydrogens (tertiary/aromatic N) is 4. The molecule has 6 nitrogen and oxygen atoms in total. The van der Waals surface area contributed by atoms with Crippen LogP contribution >= 0.6 is 0 Å². The number of fused-ring (bicyclic) bond motifs is 1. The van der Waals surface area contributed by atoms with Gasteiger partial charge in [0.05, 0.1) is 17.9 Å². The summed E-state index contributed by atoms with van der Waals surface area (Å²) in [5.41, 5.74) is 2.46. The van der Waals surface area contributed by atoms with E-state index < -0.39 is 0 Å². The van der Waals surface area contributed by atoms with Gasteiger partial charge in [-0.15, -0.1) is 0 Å². The molecular formula is C19H19FN4O2. The van der Waals surface area contributed by atoms with Gasteiger partial charge in [-0.3, -0.25) is 4.79 Å². The van der Waals surface area contributed by atoms with Gasteiger partial charge in [0, 0.05) is 30.9 Å². The minimum absolute atomic E-state index is 0.00682. The number of carbonyl (C=O) groups is 1. The predicted molar refractivity (Wildman–Crippen MR) is 94.3 cm³/mol. The number of morpholine rings is 1. The fourth-order valence-corrected chi connectivity index (χ4v) is 3.34. The number of ether oxygens (including phenoxy) is 1. The lowest BCUT2D eigenvalue weighted by molar-refractivity contribution is -0.0587. The largest absolute Gasteiger partial charge is 0.372 e. The average Bonchev–Trinajstić information content (AvgIpc) is 3.05. The van der Waals surface area contributed by atoms with Crippen molar-refractivity contribution in [2.45, 2.75) is 26.1 Å². The Labute approximate surface area is 150 Å². The van der Waals surface area contributed by atoms with Crippen molar-refractivity contribution in [3.63, 3.8) is 0 Å². The summed E-state index contributed by atoms with van der Waals surface area (Å²) in [6.45, 7) is 4.98. The van der Waals surface area contributed by atoms with Gasteiger partial charge in [0.25, 0.3) is 5.91 Å². The van der Waals surface area contributed by atoms with Gasteiger partial charge in [-0.25, -0.2) is 13.9 Å². The molecule has 0 saturated carbocycles. The van der Waals surface area contributed by atoms with E-state index in [1.54, 1.807) is 39.9 Å². The molecule has 0 aliphatic carbocycles. The van der Waals surface area contributed by atoms with Gasteiger partial charge in [-0.05, 0) is 44.2 Å². The molecule has 1 amide bonds. The fourth-order valence-electron chi connectivity index (χ4n) is 3.34. The summed E-state index contributed by atoms with van der Waals surface area (Å²) in [7, 11) is 0. The van der Waals surface area contributed by atoms with Gasteiger partial charge < -0.3 is 9.64 Å². The number of halogens is 1. The first-order valence-electron chi connectivity index (χ1n) is 8.57. The summed E-state index contributed by atoms with van der Waals surface area (Å²) in [5, 5.41) is 4.47. The summed E-state index contributed by atoms with van der Waals surface area (Å²) in [5.74, 6) is -0.437. The molecule has 3 aromatic rings. The first-order valence-corrected chi connectivity index (χ1v) is 8.57. The molecular weight excluding hydrogens is 335 g/mol. The summed E-state index contributed by atoms with van der Waals surface area (Å²) < 4.78 is 20.5. The highest BCUT2D eigenvalue weighted by molar-refractivity contribution is 5.93. The van der Waals surface area contributed by atoms with Crippen molar-refractivity contribution in [2.75, 3.05) is 13.1 Å².